The van der Waals surface area contributed by atoms with Crippen molar-refractivity contribution in [3.63, 3.8) is 0 Å². The van der Waals surface area contributed by atoms with Gasteiger partial charge in [-0.15, -0.1) is 0 Å². The summed E-state index contributed by atoms with van der Waals surface area (Å²) in [4.78, 5) is 15.9. The Kier molecular flexibility index (Phi) is 3.71. The molecule has 21 heavy (non-hydrogen) atoms. The summed E-state index contributed by atoms with van der Waals surface area (Å²) in [5, 5.41) is 0.612. The van der Waals surface area contributed by atoms with E-state index in [0.29, 0.717) is 16.3 Å². The molecule has 0 amide bonds. The predicted octanol–water partition coefficient (Wildman–Crippen LogP) is 3.83. The van der Waals surface area contributed by atoms with Gasteiger partial charge in [0.25, 0.3) is 0 Å². The number of aliphatic imine (C=N–C) groups is 1. The second kappa shape index (κ2) is 5.81. The second-order valence-corrected chi connectivity index (χ2v) is 4.68. The molecule has 1 aliphatic rings. The van der Waals surface area contributed by atoms with Gasteiger partial charge in [-0.3, -0.25) is 0 Å². The van der Waals surface area contributed by atoms with Crippen LogP contribution in [0, 0.1) is 0 Å². The van der Waals surface area contributed by atoms with E-state index in [4.69, 9.17) is 20.8 Å². The zero-order chi connectivity index (χ0) is 14.7. The maximum absolute atomic E-state index is 11.7. The van der Waals surface area contributed by atoms with Crippen molar-refractivity contribution in [3.8, 4) is 0 Å². The van der Waals surface area contributed by atoms with Crippen molar-refractivity contribution >= 4 is 29.5 Å². The van der Waals surface area contributed by atoms with Crippen LogP contribution in [0.4, 0.5) is 0 Å². The number of cyclic esters (lactones) is 1. The van der Waals surface area contributed by atoms with Crippen molar-refractivity contribution in [3.05, 3.63) is 76.9 Å². The molecule has 2 heterocycles. The average molecular weight is 300 g/mol. The quantitative estimate of drug-likeness (QED) is 0.639. The number of furan rings is 1. The van der Waals surface area contributed by atoms with Gasteiger partial charge < -0.3 is 9.15 Å². The summed E-state index contributed by atoms with van der Waals surface area (Å²) in [6, 6.07) is 10.5. The molecular weight excluding hydrogens is 290 g/mol. The lowest BCUT2D eigenvalue weighted by molar-refractivity contribution is -0.130. The van der Waals surface area contributed by atoms with Gasteiger partial charge in [-0.2, -0.15) is 0 Å². The molecule has 0 unspecified atom stereocenters. The third-order valence-electron chi connectivity index (χ3n) is 2.77. The van der Waals surface area contributed by atoms with Crippen LogP contribution in [0.15, 0.2) is 69.9 Å². The van der Waals surface area contributed by atoms with E-state index in [1.807, 2.05) is 6.07 Å². The molecule has 0 radical (unpaired) electrons. The molecule has 1 aliphatic heterocycles. The van der Waals surface area contributed by atoms with E-state index in [1.54, 1.807) is 54.8 Å². The van der Waals surface area contributed by atoms with Crippen molar-refractivity contribution in [1.29, 1.82) is 0 Å². The molecule has 0 aliphatic carbocycles. The van der Waals surface area contributed by atoms with Crippen molar-refractivity contribution in [2.45, 2.75) is 0 Å². The number of halogens is 1. The Hall–Kier alpha value is -2.59. The van der Waals surface area contributed by atoms with Gasteiger partial charge in [0.05, 0.1) is 6.26 Å². The molecule has 1 aromatic heterocycles. The molecule has 0 spiro atoms. The van der Waals surface area contributed by atoms with Crippen LogP contribution in [0.25, 0.3) is 6.08 Å². The van der Waals surface area contributed by atoms with Crippen LogP contribution in [0.5, 0.6) is 0 Å². The fourth-order valence-corrected chi connectivity index (χ4v) is 1.89. The minimum Gasteiger partial charge on any atom is -0.465 e. The van der Waals surface area contributed by atoms with Gasteiger partial charge in [-0.05, 0) is 48.6 Å². The Bertz CT molecular complexity index is 740. The van der Waals surface area contributed by atoms with Gasteiger partial charge in [0.15, 0.2) is 5.70 Å². The number of hydrogen-bond acceptors (Lipinski definition) is 4. The number of hydrogen-bond donors (Lipinski definition) is 0. The third-order valence-corrected chi connectivity index (χ3v) is 3.02. The fraction of sp³-hybridized carbons (Fsp3) is 0. The summed E-state index contributed by atoms with van der Waals surface area (Å²) >= 11 is 5.82. The number of nitrogens with zero attached hydrogens (tertiary/aromatic N) is 1. The first-order chi connectivity index (χ1) is 10.2. The number of allylic oxidation sites excluding steroid dienone is 2. The minimum absolute atomic E-state index is 0.239. The van der Waals surface area contributed by atoms with E-state index >= 15 is 0 Å². The highest BCUT2D eigenvalue weighted by molar-refractivity contribution is 6.30. The number of esters is 1. The van der Waals surface area contributed by atoms with Gasteiger partial charge in [-0.25, -0.2) is 9.79 Å². The SMILES string of the molecule is O=C1OC(c2ccc(Cl)cc2)=N/C1=C/C=C/c1ccco1. The highest BCUT2D eigenvalue weighted by Crippen LogP contribution is 2.18. The smallest absolute Gasteiger partial charge is 0.363 e. The maximum Gasteiger partial charge on any atom is 0.363 e. The first-order valence-electron chi connectivity index (χ1n) is 6.21. The summed E-state index contributed by atoms with van der Waals surface area (Å²) in [7, 11) is 0. The van der Waals surface area contributed by atoms with E-state index in [-0.39, 0.29) is 11.6 Å². The van der Waals surface area contributed by atoms with Crippen LogP contribution in [-0.4, -0.2) is 11.9 Å². The zero-order valence-corrected chi connectivity index (χ0v) is 11.6. The number of ether oxygens (including phenoxy) is 1. The molecule has 0 fully saturated rings. The minimum atomic E-state index is -0.482. The second-order valence-electron chi connectivity index (χ2n) is 4.24. The standard InChI is InChI=1S/C16H10ClNO3/c17-12-8-6-11(7-9-12)15-18-14(16(19)21-15)5-1-3-13-4-2-10-20-13/h1-10H/b3-1+,14-5+. The summed E-state index contributed by atoms with van der Waals surface area (Å²) < 4.78 is 10.3. The largest absolute Gasteiger partial charge is 0.465 e. The maximum atomic E-state index is 11.7. The molecule has 1 aromatic carbocycles. The Balaban J connectivity index is 1.80. The van der Waals surface area contributed by atoms with Gasteiger partial charge in [0, 0.05) is 10.6 Å². The van der Waals surface area contributed by atoms with Crippen LogP contribution in [0.1, 0.15) is 11.3 Å². The van der Waals surface area contributed by atoms with Crippen LogP contribution in [-0.2, 0) is 9.53 Å². The predicted molar refractivity (Wildman–Crippen MR) is 79.9 cm³/mol. The molecule has 104 valence electrons. The first kappa shape index (κ1) is 13.4. The van der Waals surface area contributed by atoms with Crippen LogP contribution in [0.3, 0.4) is 0 Å². The number of carbonyl (C=O) groups excluding carboxylic acids is 1. The van der Waals surface area contributed by atoms with Gasteiger partial charge in [0.1, 0.15) is 5.76 Å². The zero-order valence-electron chi connectivity index (χ0n) is 10.8. The van der Waals surface area contributed by atoms with Gasteiger partial charge >= 0.3 is 5.97 Å². The van der Waals surface area contributed by atoms with Crippen LogP contribution < -0.4 is 0 Å². The molecule has 5 heteroatoms. The van der Waals surface area contributed by atoms with Gasteiger partial charge in [0.2, 0.25) is 5.90 Å². The monoisotopic (exact) mass is 299 g/mol. The highest BCUT2D eigenvalue weighted by atomic mass is 35.5. The van der Waals surface area contributed by atoms with Crippen molar-refractivity contribution < 1.29 is 13.9 Å². The first-order valence-corrected chi connectivity index (χ1v) is 6.59. The molecule has 0 saturated heterocycles. The fourth-order valence-electron chi connectivity index (χ4n) is 1.76. The molecular formula is C16H10ClNO3. The average Bonchev–Trinajstić information content (AvgIpc) is 3.10. The Morgan fingerprint density at radius 2 is 1.95 bits per heavy atom. The molecule has 0 bridgehead atoms. The third kappa shape index (κ3) is 3.12. The van der Waals surface area contributed by atoms with Crippen molar-refractivity contribution in [2.24, 2.45) is 4.99 Å². The number of carbonyl (C=O) groups is 1. The Morgan fingerprint density at radius 3 is 2.67 bits per heavy atom. The lowest BCUT2D eigenvalue weighted by Crippen LogP contribution is -2.04. The molecule has 3 rings (SSSR count). The van der Waals surface area contributed by atoms with Gasteiger partial charge in [-0.1, -0.05) is 17.7 Å². The summed E-state index contributed by atoms with van der Waals surface area (Å²) in [6.07, 6.45) is 6.57. The Labute approximate surface area is 126 Å². The Morgan fingerprint density at radius 1 is 1.14 bits per heavy atom. The topological polar surface area (TPSA) is 51.8 Å². The van der Waals surface area contributed by atoms with E-state index in [0.717, 1.165) is 0 Å². The lowest BCUT2D eigenvalue weighted by Gasteiger charge is -1.98. The van der Waals surface area contributed by atoms with Crippen LogP contribution >= 0.6 is 11.6 Å². The molecule has 2 aromatic rings. The van der Waals surface area contributed by atoms with Crippen molar-refractivity contribution in [2.75, 3.05) is 0 Å². The molecule has 0 atom stereocenters. The molecule has 4 nitrogen and oxygen atoms in total. The van der Waals surface area contributed by atoms with E-state index in [1.165, 1.54) is 0 Å². The van der Waals surface area contributed by atoms with Crippen molar-refractivity contribution in [1.82, 2.24) is 0 Å². The van der Waals surface area contributed by atoms with E-state index in [9.17, 15) is 4.79 Å². The lowest BCUT2D eigenvalue weighted by atomic mass is 10.2. The molecule has 0 N–H and O–H groups in total. The van der Waals surface area contributed by atoms with E-state index in [2.05, 4.69) is 4.99 Å². The number of benzene rings is 1. The normalized spacial score (nSPS) is 16.5. The van der Waals surface area contributed by atoms with E-state index < -0.39 is 5.97 Å². The summed E-state index contributed by atoms with van der Waals surface area (Å²) in [6.45, 7) is 0. The summed E-state index contributed by atoms with van der Waals surface area (Å²) in [5.74, 6) is 0.485. The van der Waals surface area contributed by atoms with Crippen LogP contribution in [0.2, 0.25) is 5.02 Å². The molecule has 0 saturated carbocycles. The highest BCUT2D eigenvalue weighted by Gasteiger charge is 2.23. The number of rotatable bonds is 3. The summed E-state index contributed by atoms with van der Waals surface area (Å²) in [5.41, 5.74) is 0.939.